The molecular formula is C30H24KN4O8. The van der Waals surface area contributed by atoms with Crippen molar-refractivity contribution < 1.29 is 27.6 Å². The van der Waals surface area contributed by atoms with Crippen molar-refractivity contribution in [3.8, 4) is 34.5 Å². The SMILES string of the molecule is CCOc1nc2c(C)ccc(C(=O)Oc3oc(=O)oc3C)c2n1Cc1ccc(-c2ccccc2-c2noc(=O)[nH]2)cc1.[K]. The topological polar surface area (TPSA) is 156 Å². The van der Waals surface area contributed by atoms with E-state index in [-0.39, 0.29) is 68.7 Å². The minimum absolute atomic E-state index is 0. The fourth-order valence-corrected chi connectivity index (χ4v) is 4.72. The number of esters is 1. The summed E-state index contributed by atoms with van der Waals surface area (Å²) in [5, 5.41) is 3.83. The number of carbonyl (C=O) groups excluding carboxylic acids is 1. The van der Waals surface area contributed by atoms with Crippen molar-refractivity contribution in [1.82, 2.24) is 19.7 Å². The quantitative estimate of drug-likeness (QED) is 0.193. The van der Waals surface area contributed by atoms with Gasteiger partial charge in [0.25, 0.3) is 6.01 Å². The molecule has 12 nitrogen and oxygen atoms in total. The Labute approximate surface area is 286 Å². The van der Waals surface area contributed by atoms with E-state index >= 15 is 0 Å². The summed E-state index contributed by atoms with van der Waals surface area (Å²) in [5.74, 6) is -2.25. The molecule has 0 aliphatic heterocycles. The van der Waals surface area contributed by atoms with Crippen molar-refractivity contribution in [2.45, 2.75) is 27.3 Å². The molecule has 3 heterocycles. The van der Waals surface area contributed by atoms with Gasteiger partial charge in [-0.15, -0.1) is 0 Å². The Hall–Kier alpha value is -4.01. The third-order valence-corrected chi connectivity index (χ3v) is 6.67. The number of ether oxygens (including phenoxy) is 2. The Morgan fingerprint density at radius 3 is 2.37 bits per heavy atom. The number of carbonyl (C=O) groups is 1. The largest absolute Gasteiger partial charge is 0.521 e. The summed E-state index contributed by atoms with van der Waals surface area (Å²) in [6.45, 7) is 5.89. The van der Waals surface area contributed by atoms with Gasteiger partial charge < -0.3 is 18.3 Å². The summed E-state index contributed by atoms with van der Waals surface area (Å²) in [5.41, 5.74) is 5.52. The van der Waals surface area contributed by atoms with Gasteiger partial charge in [0.05, 0.1) is 29.7 Å². The molecule has 0 bridgehead atoms. The second-order valence-corrected chi connectivity index (χ2v) is 9.41. The van der Waals surface area contributed by atoms with Gasteiger partial charge in [0.15, 0.2) is 11.6 Å². The number of rotatable bonds is 8. The predicted octanol–water partition coefficient (Wildman–Crippen LogP) is 4.50. The molecule has 0 aliphatic carbocycles. The fraction of sp³-hybridized carbons (Fsp3) is 0.167. The maximum atomic E-state index is 13.3. The number of fused-ring (bicyclic) bond motifs is 1. The van der Waals surface area contributed by atoms with Gasteiger partial charge in [-0.3, -0.25) is 14.1 Å². The minimum Gasteiger partial charge on any atom is -0.465 e. The normalized spacial score (nSPS) is 11.0. The van der Waals surface area contributed by atoms with Crippen LogP contribution >= 0.6 is 0 Å². The molecule has 0 saturated heterocycles. The van der Waals surface area contributed by atoms with Gasteiger partial charge in [-0.25, -0.2) is 14.4 Å². The zero-order valence-electron chi connectivity index (χ0n) is 23.8. The van der Waals surface area contributed by atoms with Crippen LogP contribution in [0.15, 0.2) is 83.6 Å². The molecule has 43 heavy (non-hydrogen) atoms. The second kappa shape index (κ2) is 12.7. The second-order valence-electron chi connectivity index (χ2n) is 9.41. The van der Waals surface area contributed by atoms with Crippen LogP contribution in [0, 0.1) is 13.8 Å². The number of benzene rings is 3. The maximum absolute atomic E-state index is 13.3. The first-order valence-electron chi connectivity index (χ1n) is 13.0. The van der Waals surface area contributed by atoms with E-state index in [2.05, 4.69) is 15.1 Å². The van der Waals surface area contributed by atoms with Crippen LogP contribution < -0.4 is 21.1 Å². The number of hydrogen-bond donors (Lipinski definition) is 1. The third-order valence-electron chi connectivity index (χ3n) is 6.67. The van der Waals surface area contributed by atoms with Crippen LogP contribution in [0.4, 0.5) is 0 Å². The zero-order chi connectivity index (χ0) is 29.4. The van der Waals surface area contributed by atoms with Crippen molar-refractivity contribution in [3.05, 3.63) is 104 Å². The first kappa shape index (κ1) is 30.4. The molecule has 1 N–H and O–H groups in total. The minimum atomic E-state index is -0.964. The molecule has 0 amide bonds. The molecule has 6 rings (SSSR count). The molecule has 1 radical (unpaired) electrons. The Kier molecular flexibility index (Phi) is 8.99. The van der Waals surface area contributed by atoms with E-state index in [0.29, 0.717) is 36.0 Å². The molecule has 213 valence electrons. The van der Waals surface area contributed by atoms with Gasteiger partial charge in [-0.2, -0.15) is 4.98 Å². The standard InChI is InChI=1S/C30H24N4O8.K/c1-4-38-28-31-23-16(2)9-14-22(26(35)40-27-17(3)39-30(37)41-27)24(23)34(28)15-18-10-12-19(13-11-18)20-7-5-6-8-21(20)25-32-29(36)42-33-25;/h5-14H,4,15H2,1-3H3,(H,32,33,36);. The summed E-state index contributed by atoms with van der Waals surface area (Å²) in [6, 6.07) is 19.1. The maximum Gasteiger partial charge on any atom is 0.521 e. The van der Waals surface area contributed by atoms with Crippen molar-refractivity contribution >= 4 is 68.4 Å². The predicted molar refractivity (Wildman–Crippen MR) is 155 cm³/mol. The number of aromatic nitrogens is 4. The van der Waals surface area contributed by atoms with Crippen LogP contribution in [0.2, 0.25) is 0 Å². The smallest absolute Gasteiger partial charge is 0.465 e. The van der Waals surface area contributed by atoms with E-state index in [1.807, 2.05) is 66.9 Å². The van der Waals surface area contributed by atoms with Crippen LogP contribution in [-0.2, 0) is 6.54 Å². The number of aryl methyl sites for hydroxylation is 2. The Bertz CT molecular complexity index is 2050. The summed E-state index contributed by atoms with van der Waals surface area (Å²) in [4.78, 5) is 43.5. The van der Waals surface area contributed by atoms with Crippen LogP contribution in [-0.4, -0.2) is 83.7 Å². The van der Waals surface area contributed by atoms with E-state index < -0.39 is 17.5 Å². The molecule has 0 unspecified atom stereocenters. The molecule has 0 saturated carbocycles. The first-order valence-corrected chi connectivity index (χ1v) is 13.0. The number of nitrogens with one attached hydrogen (secondary N) is 1. The summed E-state index contributed by atoms with van der Waals surface area (Å²) in [6.07, 6.45) is 0. The molecule has 3 aromatic carbocycles. The molecule has 6 aromatic rings. The number of aromatic amines is 1. The van der Waals surface area contributed by atoms with Crippen molar-refractivity contribution in [2.75, 3.05) is 6.61 Å². The van der Waals surface area contributed by atoms with E-state index in [4.69, 9.17) is 22.8 Å². The summed E-state index contributed by atoms with van der Waals surface area (Å²) < 4.78 is 27.4. The fourth-order valence-electron chi connectivity index (χ4n) is 4.72. The Balaban J connectivity index is 0.00000368. The van der Waals surface area contributed by atoms with Crippen molar-refractivity contribution in [2.24, 2.45) is 0 Å². The van der Waals surface area contributed by atoms with Gasteiger partial charge in [0.2, 0.25) is 0 Å². The van der Waals surface area contributed by atoms with Gasteiger partial charge in [-0.05, 0) is 42.2 Å². The van der Waals surface area contributed by atoms with Gasteiger partial charge in [-0.1, -0.05) is 59.8 Å². The van der Waals surface area contributed by atoms with Crippen LogP contribution in [0.3, 0.4) is 0 Å². The van der Waals surface area contributed by atoms with E-state index in [0.717, 1.165) is 27.8 Å². The Morgan fingerprint density at radius 1 is 0.977 bits per heavy atom. The number of hydrogen-bond acceptors (Lipinski definition) is 10. The van der Waals surface area contributed by atoms with E-state index in [1.165, 1.54) is 6.92 Å². The number of H-pyrrole nitrogens is 1. The Morgan fingerprint density at radius 2 is 1.72 bits per heavy atom. The molecule has 3 aromatic heterocycles. The monoisotopic (exact) mass is 607 g/mol. The average molecular weight is 608 g/mol. The van der Waals surface area contributed by atoms with Crippen molar-refractivity contribution in [1.29, 1.82) is 0 Å². The van der Waals surface area contributed by atoms with E-state index in [9.17, 15) is 14.4 Å². The molecule has 0 spiro atoms. The summed E-state index contributed by atoms with van der Waals surface area (Å²) in [7, 11) is 0. The third kappa shape index (κ3) is 6.08. The number of nitrogens with zero attached hydrogens (tertiary/aromatic N) is 3. The van der Waals surface area contributed by atoms with Crippen LogP contribution in [0.5, 0.6) is 12.0 Å². The molecule has 0 fully saturated rings. The average Bonchev–Trinajstić information content (AvgIpc) is 3.66. The van der Waals surface area contributed by atoms with E-state index in [1.54, 1.807) is 12.1 Å². The summed E-state index contributed by atoms with van der Waals surface area (Å²) >= 11 is 0. The molecule has 0 atom stereocenters. The molecule has 0 aliphatic rings. The van der Waals surface area contributed by atoms with Gasteiger partial charge >= 0.3 is 23.5 Å². The van der Waals surface area contributed by atoms with Gasteiger partial charge in [0.1, 0.15) is 0 Å². The zero-order valence-corrected chi connectivity index (χ0v) is 26.9. The van der Waals surface area contributed by atoms with Crippen LogP contribution in [0.1, 0.15) is 34.2 Å². The van der Waals surface area contributed by atoms with Crippen molar-refractivity contribution in [3.63, 3.8) is 0 Å². The van der Waals surface area contributed by atoms with Gasteiger partial charge in [0, 0.05) is 63.9 Å². The number of imidazole rings is 1. The van der Waals surface area contributed by atoms with Crippen LogP contribution in [0.25, 0.3) is 33.5 Å². The molecule has 13 heteroatoms. The first-order chi connectivity index (χ1) is 20.3. The molecular weight excluding hydrogens is 583 g/mol.